The zero-order valence-electron chi connectivity index (χ0n) is 14.3. The summed E-state index contributed by atoms with van der Waals surface area (Å²) in [5.41, 5.74) is 0.320. The SMILES string of the molecule is CCOC(=O)C1=C(COC(=O)C(C)Oc2ccc(F)cc2)NC(=O)NC1. The largest absolute Gasteiger partial charge is 0.479 e. The molecule has 8 nitrogen and oxygen atoms in total. The summed E-state index contributed by atoms with van der Waals surface area (Å²) < 4.78 is 28.2. The highest BCUT2D eigenvalue weighted by molar-refractivity contribution is 5.93. The van der Waals surface area contributed by atoms with Crippen molar-refractivity contribution in [2.24, 2.45) is 0 Å². The third kappa shape index (κ3) is 5.20. The minimum Gasteiger partial charge on any atom is -0.479 e. The first-order valence-corrected chi connectivity index (χ1v) is 7.93. The Bertz CT molecular complexity index is 716. The second-order valence-corrected chi connectivity index (χ2v) is 5.31. The first kappa shape index (κ1) is 19.2. The van der Waals surface area contributed by atoms with E-state index in [0.29, 0.717) is 5.75 Å². The molecule has 2 amide bonds. The average molecular weight is 366 g/mol. The van der Waals surface area contributed by atoms with Crippen LogP contribution >= 0.6 is 0 Å². The van der Waals surface area contributed by atoms with Crippen molar-refractivity contribution in [3.05, 3.63) is 41.4 Å². The quantitative estimate of drug-likeness (QED) is 0.705. The Morgan fingerprint density at radius 1 is 1.23 bits per heavy atom. The van der Waals surface area contributed by atoms with Gasteiger partial charge in [-0.1, -0.05) is 0 Å². The Kier molecular flexibility index (Phi) is 6.54. The predicted octanol–water partition coefficient (Wildman–Crippen LogP) is 1.27. The highest BCUT2D eigenvalue weighted by Gasteiger charge is 2.25. The van der Waals surface area contributed by atoms with E-state index < -0.39 is 29.9 Å². The molecule has 0 bridgehead atoms. The number of hydrogen-bond acceptors (Lipinski definition) is 6. The van der Waals surface area contributed by atoms with Gasteiger partial charge in [0.1, 0.15) is 18.2 Å². The van der Waals surface area contributed by atoms with Gasteiger partial charge >= 0.3 is 18.0 Å². The van der Waals surface area contributed by atoms with Crippen LogP contribution in [-0.2, 0) is 19.1 Å². The number of esters is 2. The van der Waals surface area contributed by atoms with Gasteiger partial charge in [0.25, 0.3) is 0 Å². The van der Waals surface area contributed by atoms with Gasteiger partial charge in [0.05, 0.1) is 24.4 Å². The molecule has 0 spiro atoms. The smallest absolute Gasteiger partial charge is 0.347 e. The van der Waals surface area contributed by atoms with Crippen LogP contribution < -0.4 is 15.4 Å². The van der Waals surface area contributed by atoms with E-state index in [1.807, 2.05) is 0 Å². The number of hydrogen-bond donors (Lipinski definition) is 2. The second-order valence-electron chi connectivity index (χ2n) is 5.31. The highest BCUT2D eigenvalue weighted by Crippen LogP contribution is 2.14. The van der Waals surface area contributed by atoms with Gasteiger partial charge in [0, 0.05) is 0 Å². The number of halogens is 1. The molecule has 1 unspecified atom stereocenters. The van der Waals surface area contributed by atoms with Crippen molar-refractivity contribution in [1.82, 2.24) is 10.6 Å². The molecule has 26 heavy (non-hydrogen) atoms. The number of nitrogens with one attached hydrogen (secondary N) is 2. The summed E-state index contributed by atoms with van der Waals surface area (Å²) in [5, 5.41) is 4.87. The highest BCUT2D eigenvalue weighted by atomic mass is 19.1. The van der Waals surface area contributed by atoms with E-state index in [2.05, 4.69) is 10.6 Å². The van der Waals surface area contributed by atoms with Gasteiger partial charge < -0.3 is 24.8 Å². The Hall–Kier alpha value is -3.10. The van der Waals surface area contributed by atoms with Crippen LogP contribution in [0, 0.1) is 5.82 Å². The summed E-state index contributed by atoms with van der Waals surface area (Å²) >= 11 is 0. The van der Waals surface area contributed by atoms with Gasteiger partial charge in [-0.25, -0.2) is 18.8 Å². The third-order valence-corrected chi connectivity index (χ3v) is 3.39. The maximum absolute atomic E-state index is 12.9. The van der Waals surface area contributed by atoms with E-state index in [4.69, 9.17) is 14.2 Å². The molecule has 2 rings (SSSR count). The minimum atomic E-state index is -0.968. The number of amides is 2. The molecule has 1 aromatic rings. The van der Waals surface area contributed by atoms with Crippen LogP contribution in [0.3, 0.4) is 0 Å². The minimum absolute atomic E-state index is 0.0286. The lowest BCUT2D eigenvalue weighted by Crippen LogP contribution is -2.45. The Morgan fingerprint density at radius 3 is 2.58 bits per heavy atom. The average Bonchev–Trinajstić information content (AvgIpc) is 2.61. The molecular weight excluding hydrogens is 347 g/mol. The van der Waals surface area contributed by atoms with Crippen LogP contribution in [0.1, 0.15) is 13.8 Å². The molecule has 1 aliphatic rings. The van der Waals surface area contributed by atoms with E-state index in [1.165, 1.54) is 31.2 Å². The number of ether oxygens (including phenoxy) is 3. The summed E-state index contributed by atoms with van der Waals surface area (Å²) in [4.78, 5) is 35.4. The molecule has 0 aliphatic carbocycles. The standard InChI is InChI=1S/C17H19FN2O6/c1-3-24-16(22)13-8-19-17(23)20-14(13)9-25-15(21)10(2)26-12-6-4-11(18)5-7-12/h4-7,10H,3,8-9H2,1-2H3,(H2,19,20,23). The lowest BCUT2D eigenvalue weighted by atomic mass is 10.2. The van der Waals surface area contributed by atoms with Crippen molar-refractivity contribution < 1.29 is 33.0 Å². The molecule has 2 N–H and O–H groups in total. The van der Waals surface area contributed by atoms with Gasteiger partial charge in [0.2, 0.25) is 0 Å². The molecule has 1 aliphatic heterocycles. The van der Waals surface area contributed by atoms with E-state index in [9.17, 15) is 18.8 Å². The van der Waals surface area contributed by atoms with Crippen molar-refractivity contribution >= 4 is 18.0 Å². The third-order valence-electron chi connectivity index (χ3n) is 3.39. The fourth-order valence-corrected chi connectivity index (χ4v) is 2.09. The topological polar surface area (TPSA) is 103 Å². The Labute approximate surface area is 149 Å². The van der Waals surface area contributed by atoms with Crippen molar-refractivity contribution in [3.8, 4) is 5.75 Å². The van der Waals surface area contributed by atoms with Crippen molar-refractivity contribution in [3.63, 3.8) is 0 Å². The van der Waals surface area contributed by atoms with Crippen LogP contribution in [0.4, 0.5) is 9.18 Å². The van der Waals surface area contributed by atoms with E-state index in [1.54, 1.807) is 6.92 Å². The molecule has 1 aromatic carbocycles. The summed E-state index contributed by atoms with van der Waals surface area (Å²) in [5.74, 6) is -1.44. The van der Waals surface area contributed by atoms with Gasteiger partial charge in [-0.15, -0.1) is 0 Å². The van der Waals surface area contributed by atoms with Crippen LogP contribution in [0.2, 0.25) is 0 Å². The molecular formula is C17H19FN2O6. The Balaban J connectivity index is 1.97. The molecule has 0 fully saturated rings. The Morgan fingerprint density at radius 2 is 1.92 bits per heavy atom. The van der Waals surface area contributed by atoms with Crippen molar-refractivity contribution in [2.75, 3.05) is 19.8 Å². The van der Waals surface area contributed by atoms with Crippen LogP contribution in [0.5, 0.6) is 5.75 Å². The van der Waals surface area contributed by atoms with Gasteiger partial charge in [-0.3, -0.25) is 0 Å². The summed E-state index contributed by atoms with van der Waals surface area (Å²) in [6.07, 6.45) is -0.968. The number of rotatable bonds is 7. The monoisotopic (exact) mass is 366 g/mol. The first-order chi connectivity index (χ1) is 12.4. The second kappa shape index (κ2) is 8.84. The molecule has 140 valence electrons. The summed E-state index contributed by atoms with van der Waals surface area (Å²) in [6, 6.07) is 4.66. The van der Waals surface area contributed by atoms with Crippen molar-refractivity contribution in [1.29, 1.82) is 0 Å². The maximum Gasteiger partial charge on any atom is 0.347 e. The molecule has 0 saturated carbocycles. The first-order valence-electron chi connectivity index (χ1n) is 7.93. The fraction of sp³-hybridized carbons (Fsp3) is 0.353. The van der Waals surface area contributed by atoms with E-state index in [0.717, 1.165) is 0 Å². The lowest BCUT2D eigenvalue weighted by Gasteiger charge is -2.21. The van der Waals surface area contributed by atoms with Crippen molar-refractivity contribution in [2.45, 2.75) is 20.0 Å². The number of benzene rings is 1. The molecule has 1 atom stereocenters. The molecule has 0 radical (unpaired) electrons. The molecule has 0 saturated heterocycles. The maximum atomic E-state index is 12.9. The van der Waals surface area contributed by atoms with Crippen LogP contribution in [0.15, 0.2) is 35.5 Å². The lowest BCUT2D eigenvalue weighted by molar-refractivity contribution is -0.150. The van der Waals surface area contributed by atoms with Crippen LogP contribution in [-0.4, -0.2) is 43.8 Å². The number of carbonyl (C=O) groups is 3. The summed E-state index contributed by atoms with van der Waals surface area (Å²) in [7, 11) is 0. The van der Waals surface area contributed by atoms with Gasteiger partial charge in [-0.05, 0) is 38.1 Å². The van der Waals surface area contributed by atoms with Gasteiger partial charge in [0.15, 0.2) is 6.10 Å². The van der Waals surface area contributed by atoms with Crippen LogP contribution in [0.25, 0.3) is 0 Å². The molecule has 9 heteroatoms. The zero-order chi connectivity index (χ0) is 19.1. The zero-order valence-corrected chi connectivity index (χ0v) is 14.3. The molecule has 1 heterocycles. The number of urea groups is 1. The number of carbonyl (C=O) groups excluding carboxylic acids is 3. The van der Waals surface area contributed by atoms with Gasteiger partial charge in [-0.2, -0.15) is 0 Å². The van der Waals surface area contributed by atoms with E-state index >= 15 is 0 Å². The predicted molar refractivity (Wildman–Crippen MR) is 87.6 cm³/mol. The normalized spacial score (nSPS) is 14.8. The van der Waals surface area contributed by atoms with E-state index in [-0.39, 0.29) is 31.0 Å². The summed E-state index contributed by atoms with van der Waals surface area (Å²) in [6.45, 7) is 2.94. The molecule has 0 aromatic heterocycles. The fourth-order valence-electron chi connectivity index (χ4n) is 2.09.